The van der Waals surface area contributed by atoms with Gasteiger partial charge in [-0.05, 0) is 18.4 Å². The molecule has 9 nitrogen and oxygen atoms in total. The van der Waals surface area contributed by atoms with Gasteiger partial charge in [-0.3, -0.25) is 14.3 Å². The minimum Gasteiger partial charge on any atom is -0.346 e. The first-order valence-electron chi connectivity index (χ1n) is 9.26. The van der Waals surface area contributed by atoms with Gasteiger partial charge in [0, 0.05) is 37.8 Å². The topological polar surface area (TPSA) is 120 Å². The number of nitrogens with one attached hydrogen (secondary N) is 2. The van der Waals surface area contributed by atoms with Gasteiger partial charge in [0.25, 0.3) is 0 Å². The van der Waals surface area contributed by atoms with E-state index in [-0.39, 0.29) is 30.2 Å². The van der Waals surface area contributed by atoms with Crippen LogP contribution in [0.2, 0.25) is 0 Å². The SMILES string of the molecule is CC(=O)Nc1nn([C@@H]2CN(C(=O)CC#N)CC[C@@H]2C)c2c1cnc1[nH]ccc12. The number of nitriles is 1. The van der Waals surface area contributed by atoms with Crippen LogP contribution < -0.4 is 5.32 Å². The van der Waals surface area contributed by atoms with E-state index in [4.69, 9.17) is 10.4 Å². The average Bonchev–Trinajstić information content (AvgIpc) is 3.26. The Bertz CT molecular complexity index is 1110. The van der Waals surface area contributed by atoms with Gasteiger partial charge in [0.2, 0.25) is 11.8 Å². The Labute approximate surface area is 161 Å². The number of amides is 2. The first kappa shape index (κ1) is 18.0. The molecular weight excluding hydrogens is 358 g/mol. The van der Waals surface area contributed by atoms with E-state index < -0.39 is 0 Å². The van der Waals surface area contributed by atoms with Gasteiger partial charge in [-0.2, -0.15) is 10.4 Å². The zero-order valence-electron chi connectivity index (χ0n) is 15.8. The molecule has 2 atom stereocenters. The summed E-state index contributed by atoms with van der Waals surface area (Å²) in [5, 5.41) is 18.0. The summed E-state index contributed by atoms with van der Waals surface area (Å²) in [6, 6.07) is 3.80. The third-order valence-corrected chi connectivity index (χ3v) is 5.36. The first-order chi connectivity index (χ1) is 13.5. The fraction of sp³-hybridized carbons (Fsp3) is 0.421. The van der Waals surface area contributed by atoms with Crippen LogP contribution in [0, 0.1) is 17.2 Å². The molecule has 1 saturated heterocycles. The Morgan fingerprint density at radius 1 is 1.43 bits per heavy atom. The van der Waals surface area contributed by atoms with E-state index in [0.29, 0.717) is 18.9 Å². The Balaban J connectivity index is 1.84. The van der Waals surface area contributed by atoms with Crippen molar-refractivity contribution in [3.8, 4) is 6.07 Å². The van der Waals surface area contributed by atoms with E-state index >= 15 is 0 Å². The molecule has 2 amide bonds. The fourth-order valence-electron chi connectivity index (χ4n) is 3.90. The number of pyridine rings is 1. The maximum atomic E-state index is 12.3. The van der Waals surface area contributed by atoms with Gasteiger partial charge in [-0.15, -0.1) is 0 Å². The number of carbonyl (C=O) groups is 2. The van der Waals surface area contributed by atoms with Crippen molar-refractivity contribution in [2.75, 3.05) is 18.4 Å². The summed E-state index contributed by atoms with van der Waals surface area (Å²) in [4.78, 5) is 33.2. The highest BCUT2D eigenvalue weighted by atomic mass is 16.2. The Morgan fingerprint density at radius 3 is 3.00 bits per heavy atom. The summed E-state index contributed by atoms with van der Waals surface area (Å²) in [6.45, 7) is 4.69. The number of aromatic nitrogens is 4. The molecule has 3 aromatic heterocycles. The molecule has 1 aliphatic heterocycles. The van der Waals surface area contributed by atoms with Crippen LogP contribution in [0.15, 0.2) is 18.5 Å². The van der Waals surface area contributed by atoms with Crippen molar-refractivity contribution < 1.29 is 9.59 Å². The average molecular weight is 379 g/mol. The van der Waals surface area contributed by atoms with Gasteiger partial charge in [-0.25, -0.2) is 4.98 Å². The summed E-state index contributed by atoms with van der Waals surface area (Å²) in [7, 11) is 0. The largest absolute Gasteiger partial charge is 0.346 e. The van der Waals surface area contributed by atoms with Gasteiger partial charge >= 0.3 is 0 Å². The number of aromatic amines is 1. The predicted molar refractivity (Wildman–Crippen MR) is 103 cm³/mol. The minimum atomic E-state index is -0.205. The second-order valence-corrected chi connectivity index (χ2v) is 7.24. The van der Waals surface area contributed by atoms with Crippen molar-refractivity contribution in [3.63, 3.8) is 0 Å². The van der Waals surface area contributed by atoms with Gasteiger partial charge in [-0.1, -0.05) is 6.92 Å². The lowest BCUT2D eigenvalue weighted by molar-refractivity contribution is -0.132. The van der Waals surface area contributed by atoms with Crippen LogP contribution in [0.25, 0.3) is 21.9 Å². The monoisotopic (exact) mass is 379 g/mol. The number of nitrogens with zero attached hydrogens (tertiary/aromatic N) is 5. The van der Waals surface area contributed by atoms with Crippen LogP contribution in [0.3, 0.4) is 0 Å². The van der Waals surface area contributed by atoms with Crippen molar-refractivity contribution in [3.05, 3.63) is 18.5 Å². The van der Waals surface area contributed by atoms with Gasteiger partial charge in [0.15, 0.2) is 5.82 Å². The van der Waals surface area contributed by atoms with E-state index in [1.807, 2.05) is 23.0 Å². The second-order valence-electron chi connectivity index (χ2n) is 7.24. The maximum absolute atomic E-state index is 12.3. The van der Waals surface area contributed by atoms with Crippen molar-refractivity contribution in [2.24, 2.45) is 5.92 Å². The summed E-state index contributed by atoms with van der Waals surface area (Å²) < 4.78 is 1.91. The van der Waals surface area contributed by atoms with Crippen LogP contribution >= 0.6 is 0 Å². The molecule has 0 aromatic carbocycles. The van der Waals surface area contributed by atoms with E-state index in [2.05, 4.69) is 22.2 Å². The Hall–Kier alpha value is -3.41. The smallest absolute Gasteiger partial charge is 0.236 e. The number of H-pyrrole nitrogens is 1. The molecular formula is C19H21N7O2. The van der Waals surface area contributed by atoms with Gasteiger partial charge < -0.3 is 15.2 Å². The highest BCUT2D eigenvalue weighted by molar-refractivity contribution is 6.08. The third-order valence-electron chi connectivity index (χ3n) is 5.36. The molecule has 0 radical (unpaired) electrons. The fourth-order valence-corrected chi connectivity index (χ4v) is 3.90. The highest BCUT2D eigenvalue weighted by Gasteiger charge is 2.32. The molecule has 0 saturated carbocycles. The first-order valence-corrected chi connectivity index (χ1v) is 9.26. The minimum absolute atomic E-state index is 0.0677. The van der Waals surface area contributed by atoms with E-state index in [9.17, 15) is 9.59 Å². The highest BCUT2D eigenvalue weighted by Crippen LogP contribution is 2.35. The summed E-state index contributed by atoms with van der Waals surface area (Å²) >= 11 is 0. The second kappa shape index (κ2) is 6.96. The summed E-state index contributed by atoms with van der Waals surface area (Å²) in [6.07, 6.45) is 4.22. The molecule has 3 aromatic rings. The molecule has 4 heterocycles. The van der Waals surface area contributed by atoms with Crippen LogP contribution in [0.4, 0.5) is 5.82 Å². The number of rotatable bonds is 3. The molecule has 0 unspecified atom stereocenters. The maximum Gasteiger partial charge on any atom is 0.236 e. The zero-order valence-corrected chi connectivity index (χ0v) is 15.8. The number of carbonyl (C=O) groups excluding carboxylic acids is 2. The molecule has 0 spiro atoms. The normalized spacial score (nSPS) is 19.7. The van der Waals surface area contributed by atoms with Gasteiger partial charge in [0.1, 0.15) is 12.1 Å². The molecule has 1 fully saturated rings. The number of anilines is 1. The van der Waals surface area contributed by atoms with E-state index in [0.717, 1.165) is 28.4 Å². The Kier molecular flexibility index (Phi) is 4.47. The number of fused-ring (bicyclic) bond motifs is 3. The van der Waals surface area contributed by atoms with Crippen molar-refractivity contribution >= 4 is 39.6 Å². The Morgan fingerprint density at radius 2 is 2.25 bits per heavy atom. The third kappa shape index (κ3) is 2.97. The number of hydrogen-bond donors (Lipinski definition) is 2. The lowest BCUT2D eigenvalue weighted by atomic mass is 9.93. The van der Waals surface area contributed by atoms with Crippen LogP contribution in [0.5, 0.6) is 0 Å². The number of piperidine rings is 1. The molecule has 144 valence electrons. The van der Waals surface area contributed by atoms with Crippen LogP contribution in [-0.2, 0) is 9.59 Å². The lowest BCUT2D eigenvalue weighted by Gasteiger charge is -2.37. The predicted octanol–water partition coefficient (Wildman–Crippen LogP) is 2.19. The number of likely N-dealkylation sites (tertiary alicyclic amines) is 1. The van der Waals surface area contributed by atoms with Crippen LogP contribution in [0.1, 0.15) is 32.7 Å². The van der Waals surface area contributed by atoms with E-state index in [1.54, 1.807) is 11.1 Å². The molecule has 1 aliphatic rings. The molecule has 9 heteroatoms. The quantitative estimate of drug-likeness (QED) is 0.723. The lowest BCUT2D eigenvalue weighted by Crippen LogP contribution is -2.44. The van der Waals surface area contributed by atoms with E-state index in [1.165, 1.54) is 6.92 Å². The standard InChI is InChI=1S/C19H21N7O2/c1-11-5-8-25(16(28)3-6-20)10-15(11)26-17-13-4-7-21-18(13)22-9-14(17)19(24-26)23-12(2)27/h4,7,9,11,15H,3,5,8,10H2,1-2H3,(H,21,22)(H,23,24,27)/t11-,15+/m0/s1. The number of hydrogen-bond acceptors (Lipinski definition) is 5. The van der Waals surface area contributed by atoms with Crippen molar-refractivity contribution in [2.45, 2.75) is 32.7 Å². The van der Waals surface area contributed by atoms with Crippen molar-refractivity contribution in [1.82, 2.24) is 24.6 Å². The molecule has 0 aliphatic carbocycles. The molecule has 0 bridgehead atoms. The summed E-state index contributed by atoms with van der Waals surface area (Å²) in [5.41, 5.74) is 1.62. The molecule has 28 heavy (non-hydrogen) atoms. The zero-order chi connectivity index (χ0) is 19.8. The molecule has 4 rings (SSSR count). The molecule has 2 N–H and O–H groups in total. The van der Waals surface area contributed by atoms with Crippen molar-refractivity contribution in [1.29, 1.82) is 5.26 Å². The van der Waals surface area contributed by atoms with Crippen LogP contribution in [-0.4, -0.2) is 49.6 Å². The summed E-state index contributed by atoms with van der Waals surface area (Å²) in [5.74, 6) is 0.377. The van der Waals surface area contributed by atoms with Gasteiger partial charge in [0.05, 0.1) is 23.0 Å².